The Morgan fingerprint density at radius 1 is 1.60 bits per heavy atom. The van der Waals surface area contributed by atoms with Crippen LogP contribution in [-0.4, -0.2) is 24.1 Å². The van der Waals surface area contributed by atoms with Gasteiger partial charge in [0.05, 0.1) is 13.2 Å². The molecule has 1 rings (SSSR count). The third-order valence-corrected chi connectivity index (χ3v) is 2.25. The van der Waals surface area contributed by atoms with Crippen molar-refractivity contribution in [3.63, 3.8) is 0 Å². The van der Waals surface area contributed by atoms with Gasteiger partial charge in [0.2, 0.25) is 0 Å². The standard InChI is InChI=1S/C11H12BrNO2/c1-2-6-15-8-11(13-14)9-4-3-5-10(12)7-9/h2-5,7,14H,1,6,8H2. The molecule has 0 fully saturated rings. The molecule has 0 saturated carbocycles. The van der Waals surface area contributed by atoms with Gasteiger partial charge < -0.3 is 9.94 Å². The maximum atomic E-state index is 8.84. The zero-order chi connectivity index (χ0) is 11.1. The van der Waals surface area contributed by atoms with E-state index < -0.39 is 0 Å². The molecule has 0 saturated heterocycles. The minimum Gasteiger partial charge on any atom is -0.411 e. The highest BCUT2D eigenvalue weighted by atomic mass is 79.9. The summed E-state index contributed by atoms with van der Waals surface area (Å²) in [5.41, 5.74) is 1.33. The summed E-state index contributed by atoms with van der Waals surface area (Å²) < 4.78 is 6.14. The van der Waals surface area contributed by atoms with E-state index in [1.54, 1.807) is 6.08 Å². The Labute approximate surface area is 97.2 Å². The molecule has 0 aliphatic carbocycles. The average molecular weight is 270 g/mol. The van der Waals surface area contributed by atoms with Crippen LogP contribution in [0.4, 0.5) is 0 Å². The summed E-state index contributed by atoms with van der Waals surface area (Å²) in [6.45, 7) is 4.24. The van der Waals surface area contributed by atoms with E-state index in [2.05, 4.69) is 27.7 Å². The first kappa shape index (κ1) is 11.9. The van der Waals surface area contributed by atoms with Gasteiger partial charge in [-0.1, -0.05) is 39.3 Å². The summed E-state index contributed by atoms with van der Waals surface area (Å²) in [6, 6.07) is 7.50. The van der Waals surface area contributed by atoms with Crippen LogP contribution in [0.15, 0.2) is 46.5 Å². The SMILES string of the molecule is C=CCOCC(=NO)c1cccc(Br)c1. The molecule has 0 unspecified atom stereocenters. The Hall–Kier alpha value is -1.13. The van der Waals surface area contributed by atoms with Crippen molar-refractivity contribution in [3.05, 3.63) is 47.0 Å². The maximum absolute atomic E-state index is 8.84. The molecule has 80 valence electrons. The highest BCUT2D eigenvalue weighted by Crippen LogP contribution is 2.12. The molecular weight excluding hydrogens is 258 g/mol. The Morgan fingerprint density at radius 3 is 3.00 bits per heavy atom. The predicted molar refractivity (Wildman–Crippen MR) is 63.5 cm³/mol. The summed E-state index contributed by atoms with van der Waals surface area (Å²) in [5.74, 6) is 0. The summed E-state index contributed by atoms with van der Waals surface area (Å²) in [4.78, 5) is 0. The fraction of sp³-hybridized carbons (Fsp3) is 0.182. The Bertz CT molecular complexity index is 363. The first-order chi connectivity index (χ1) is 7.27. The van der Waals surface area contributed by atoms with E-state index in [4.69, 9.17) is 9.94 Å². The third-order valence-electron chi connectivity index (χ3n) is 1.75. The zero-order valence-corrected chi connectivity index (χ0v) is 9.77. The number of hydrogen-bond donors (Lipinski definition) is 1. The van der Waals surface area contributed by atoms with Gasteiger partial charge in [0.25, 0.3) is 0 Å². The van der Waals surface area contributed by atoms with Gasteiger partial charge in [0.15, 0.2) is 0 Å². The van der Waals surface area contributed by atoms with Crippen LogP contribution in [0.25, 0.3) is 0 Å². The van der Waals surface area contributed by atoms with Crippen LogP contribution in [0.3, 0.4) is 0 Å². The van der Waals surface area contributed by atoms with Crippen molar-refractivity contribution in [2.45, 2.75) is 0 Å². The largest absolute Gasteiger partial charge is 0.411 e. The van der Waals surface area contributed by atoms with E-state index >= 15 is 0 Å². The minimum atomic E-state index is 0.263. The van der Waals surface area contributed by atoms with Crippen molar-refractivity contribution in [3.8, 4) is 0 Å². The molecule has 4 heteroatoms. The van der Waals surface area contributed by atoms with Crippen LogP contribution in [0.2, 0.25) is 0 Å². The van der Waals surface area contributed by atoms with Gasteiger partial charge in [0.1, 0.15) is 5.71 Å². The van der Waals surface area contributed by atoms with Crippen LogP contribution in [0.5, 0.6) is 0 Å². The van der Waals surface area contributed by atoms with E-state index in [1.807, 2.05) is 24.3 Å². The number of benzene rings is 1. The van der Waals surface area contributed by atoms with Gasteiger partial charge in [-0.25, -0.2) is 0 Å². The second-order valence-corrected chi connectivity index (χ2v) is 3.78. The lowest BCUT2D eigenvalue weighted by Crippen LogP contribution is -2.10. The highest BCUT2D eigenvalue weighted by Gasteiger charge is 2.04. The first-order valence-corrected chi connectivity index (χ1v) is 5.22. The Kier molecular flexibility index (Phi) is 5.07. The molecule has 0 atom stereocenters. The molecule has 3 nitrogen and oxygen atoms in total. The van der Waals surface area contributed by atoms with Crippen molar-refractivity contribution in [2.75, 3.05) is 13.2 Å². The molecule has 0 bridgehead atoms. The number of hydrogen-bond acceptors (Lipinski definition) is 3. The van der Waals surface area contributed by atoms with Crippen LogP contribution in [0.1, 0.15) is 5.56 Å². The topological polar surface area (TPSA) is 41.8 Å². The molecule has 0 heterocycles. The van der Waals surface area contributed by atoms with E-state index in [9.17, 15) is 0 Å². The highest BCUT2D eigenvalue weighted by molar-refractivity contribution is 9.10. The predicted octanol–water partition coefficient (Wildman–Crippen LogP) is 2.83. The first-order valence-electron chi connectivity index (χ1n) is 4.43. The van der Waals surface area contributed by atoms with Gasteiger partial charge in [-0.2, -0.15) is 0 Å². The summed E-state index contributed by atoms with van der Waals surface area (Å²) in [6.07, 6.45) is 1.65. The summed E-state index contributed by atoms with van der Waals surface area (Å²) in [5, 5.41) is 12.0. The molecule has 1 N–H and O–H groups in total. The fourth-order valence-electron chi connectivity index (χ4n) is 1.08. The molecule has 0 aromatic heterocycles. The van der Waals surface area contributed by atoms with Gasteiger partial charge in [-0.05, 0) is 12.1 Å². The lowest BCUT2D eigenvalue weighted by Gasteiger charge is -2.04. The van der Waals surface area contributed by atoms with Gasteiger partial charge in [-0.15, -0.1) is 6.58 Å². The molecule has 1 aromatic rings. The molecule has 0 aliphatic heterocycles. The maximum Gasteiger partial charge on any atom is 0.112 e. The van der Waals surface area contributed by atoms with Crippen LogP contribution in [0, 0.1) is 0 Å². The van der Waals surface area contributed by atoms with Crippen LogP contribution >= 0.6 is 15.9 Å². The number of rotatable bonds is 5. The van der Waals surface area contributed by atoms with Crippen molar-refractivity contribution in [2.24, 2.45) is 5.16 Å². The van der Waals surface area contributed by atoms with Crippen LogP contribution < -0.4 is 0 Å². The van der Waals surface area contributed by atoms with Gasteiger partial charge in [-0.3, -0.25) is 0 Å². The molecule has 0 aliphatic rings. The van der Waals surface area contributed by atoms with Gasteiger partial charge >= 0.3 is 0 Å². The lowest BCUT2D eigenvalue weighted by molar-refractivity contribution is 0.200. The lowest BCUT2D eigenvalue weighted by atomic mass is 10.1. The quantitative estimate of drug-likeness (QED) is 0.294. The zero-order valence-electron chi connectivity index (χ0n) is 8.19. The second kappa shape index (κ2) is 6.37. The normalized spacial score (nSPS) is 11.4. The van der Waals surface area contributed by atoms with E-state index in [-0.39, 0.29) is 6.61 Å². The summed E-state index contributed by atoms with van der Waals surface area (Å²) in [7, 11) is 0. The van der Waals surface area contributed by atoms with Crippen molar-refractivity contribution < 1.29 is 9.94 Å². The van der Waals surface area contributed by atoms with E-state index in [0.717, 1.165) is 10.0 Å². The number of halogens is 1. The Balaban J connectivity index is 2.71. The smallest absolute Gasteiger partial charge is 0.112 e. The van der Waals surface area contributed by atoms with Crippen molar-refractivity contribution >= 4 is 21.6 Å². The average Bonchev–Trinajstić information content (AvgIpc) is 2.24. The number of oxime groups is 1. The van der Waals surface area contributed by atoms with Gasteiger partial charge in [0, 0.05) is 10.0 Å². The van der Waals surface area contributed by atoms with E-state index in [0.29, 0.717) is 12.3 Å². The van der Waals surface area contributed by atoms with Crippen LogP contribution in [-0.2, 0) is 4.74 Å². The monoisotopic (exact) mass is 269 g/mol. The summed E-state index contributed by atoms with van der Waals surface area (Å²) >= 11 is 3.35. The molecule has 0 radical (unpaired) electrons. The molecular formula is C11H12BrNO2. The fourth-order valence-corrected chi connectivity index (χ4v) is 1.48. The third kappa shape index (κ3) is 3.85. The van der Waals surface area contributed by atoms with E-state index in [1.165, 1.54) is 0 Å². The van der Waals surface area contributed by atoms with Crippen molar-refractivity contribution in [1.29, 1.82) is 0 Å². The second-order valence-electron chi connectivity index (χ2n) is 2.86. The molecule has 1 aromatic carbocycles. The minimum absolute atomic E-state index is 0.263. The number of ether oxygens (including phenoxy) is 1. The number of nitrogens with zero attached hydrogens (tertiary/aromatic N) is 1. The molecule has 15 heavy (non-hydrogen) atoms. The molecule has 0 amide bonds. The Morgan fingerprint density at radius 2 is 2.40 bits per heavy atom. The molecule has 0 spiro atoms. The van der Waals surface area contributed by atoms with Crippen molar-refractivity contribution in [1.82, 2.24) is 0 Å².